The van der Waals surface area contributed by atoms with Gasteiger partial charge in [-0.3, -0.25) is 0 Å². The number of aromatic nitrogens is 1. The van der Waals surface area contributed by atoms with E-state index in [2.05, 4.69) is 134 Å². The van der Waals surface area contributed by atoms with Crippen molar-refractivity contribution in [3.63, 3.8) is 0 Å². The minimum absolute atomic E-state index is 1.05. The Kier molecular flexibility index (Phi) is 5.33. The molecule has 0 saturated carbocycles. The molecular formula is C38H29NS. The van der Waals surface area contributed by atoms with Crippen molar-refractivity contribution < 1.29 is 0 Å². The zero-order valence-corrected chi connectivity index (χ0v) is 23.6. The van der Waals surface area contributed by atoms with Crippen molar-refractivity contribution in [2.75, 3.05) is 0 Å². The zero-order valence-electron chi connectivity index (χ0n) is 22.7. The van der Waals surface area contributed by atoms with Gasteiger partial charge in [-0.25, -0.2) is 0 Å². The molecule has 2 aromatic heterocycles. The average molecular weight is 532 g/mol. The molecule has 2 heteroatoms. The van der Waals surface area contributed by atoms with Gasteiger partial charge in [0, 0.05) is 31.4 Å². The summed E-state index contributed by atoms with van der Waals surface area (Å²) in [4.78, 5) is 1.51. The molecule has 5 aromatic carbocycles. The predicted octanol–water partition coefficient (Wildman–Crippen LogP) is 10.9. The highest BCUT2D eigenvalue weighted by molar-refractivity contribution is 7.19. The van der Waals surface area contributed by atoms with Crippen molar-refractivity contribution in [2.24, 2.45) is 0 Å². The van der Waals surface area contributed by atoms with Crippen molar-refractivity contribution in [2.45, 2.75) is 26.7 Å². The molecule has 7 aromatic rings. The first-order valence-electron chi connectivity index (χ1n) is 14.1. The SMILES string of the molecule is Cc1ccccc1-c1cc(-c2ccc3c(c2)c2ccccc2n3C2=Cc3c(sc4ccccc34)CC2)ccc1C. The Hall–Kier alpha value is -4.40. The maximum absolute atomic E-state index is 2.51. The highest BCUT2D eigenvalue weighted by atomic mass is 32.1. The molecule has 0 spiro atoms. The van der Waals surface area contributed by atoms with Crippen molar-refractivity contribution in [1.29, 1.82) is 0 Å². The van der Waals surface area contributed by atoms with E-state index in [9.17, 15) is 0 Å². The van der Waals surface area contributed by atoms with E-state index < -0.39 is 0 Å². The molecule has 2 heterocycles. The first kappa shape index (κ1) is 23.5. The van der Waals surface area contributed by atoms with Crippen LogP contribution in [0.4, 0.5) is 0 Å². The summed E-state index contributed by atoms with van der Waals surface area (Å²) >= 11 is 1.95. The number of fused-ring (bicyclic) bond motifs is 6. The van der Waals surface area contributed by atoms with Crippen LogP contribution in [0, 0.1) is 13.8 Å². The van der Waals surface area contributed by atoms with Gasteiger partial charge in [-0.1, -0.05) is 78.9 Å². The van der Waals surface area contributed by atoms with E-state index in [1.807, 2.05) is 11.3 Å². The molecule has 1 aliphatic carbocycles. The number of rotatable bonds is 3. The van der Waals surface area contributed by atoms with Crippen LogP contribution in [0.5, 0.6) is 0 Å². The van der Waals surface area contributed by atoms with Crippen LogP contribution in [0.2, 0.25) is 0 Å². The molecular weight excluding hydrogens is 502 g/mol. The van der Waals surface area contributed by atoms with Gasteiger partial charge in [-0.2, -0.15) is 0 Å². The molecule has 1 nitrogen and oxygen atoms in total. The van der Waals surface area contributed by atoms with Crippen LogP contribution in [0.25, 0.3) is 65.9 Å². The number of hydrogen-bond acceptors (Lipinski definition) is 1. The van der Waals surface area contributed by atoms with Crippen molar-refractivity contribution in [1.82, 2.24) is 4.57 Å². The summed E-state index contributed by atoms with van der Waals surface area (Å²) in [5.41, 5.74) is 13.1. The molecule has 0 unspecified atom stereocenters. The third kappa shape index (κ3) is 3.60. The number of para-hydroxylation sites is 1. The van der Waals surface area contributed by atoms with Crippen molar-refractivity contribution in [3.05, 3.63) is 131 Å². The summed E-state index contributed by atoms with van der Waals surface area (Å²) in [7, 11) is 0. The molecule has 1 aliphatic rings. The Bertz CT molecular complexity index is 2130. The molecule has 8 rings (SSSR count). The molecule has 0 atom stereocenters. The minimum Gasteiger partial charge on any atom is -0.313 e. The lowest BCUT2D eigenvalue weighted by Gasteiger charge is -2.17. The molecule has 40 heavy (non-hydrogen) atoms. The zero-order chi connectivity index (χ0) is 26.8. The number of allylic oxidation sites excluding steroid dienone is 1. The van der Waals surface area contributed by atoms with Crippen LogP contribution in [0.3, 0.4) is 0 Å². The van der Waals surface area contributed by atoms with Crippen LogP contribution in [-0.2, 0) is 6.42 Å². The number of thiophene rings is 1. The predicted molar refractivity (Wildman–Crippen MR) is 174 cm³/mol. The Labute approximate surface area is 238 Å². The summed E-state index contributed by atoms with van der Waals surface area (Å²) in [6.07, 6.45) is 4.59. The molecule has 0 radical (unpaired) electrons. The second kappa shape index (κ2) is 9.08. The fourth-order valence-electron chi connectivity index (χ4n) is 6.55. The van der Waals surface area contributed by atoms with Gasteiger partial charge in [-0.15, -0.1) is 11.3 Å². The van der Waals surface area contributed by atoms with Crippen LogP contribution in [0.1, 0.15) is 28.0 Å². The Morgan fingerprint density at radius 1 is 0.575 bits per heavy atom. The topological polar surface area (TPSA) is 4.93 Å². The average Bonchev–Trinajstić information content (AvgIpc) is 3.53. The molecule has 192 valence electrons. The standard InChI is InChI=1S/C38H29NS/c1-24-9-3-4-10-29(24)32-21-26(16-15-25(32)2)27-17-19-36-33(22-27)30-11-5-7-13-35(30)39(36)28-18-20-38-34(23-28)31-12-6-8-14-37(31)40-38/h3-17,19,21-23H,18,20H2,1-2H3. The maximum Gasteiger partial charge on any atom is 0.0538 e. The van der Waals surface area contributed by atoms with Gasteiger partial charge < -0.3 is 4.57 Å². The fraction of sp³-hybridized carbons (Fsp3) is 0.105. The van der Waals surface area contributed by atoms with Crippen LogP contribution in [-0.4, -0.2) is 4.57 Å². The van der Waals surface area contributed by atoms with Crippen molar-refractivity contribution >= 4 is 55.0 Å². The van der Waals surface area contributed by atoms with Gasteiger partial charge >= 0.3 is 0 Å². The van der Waals surface area contributed by atoms with Crippen LogP contribution >= 0.6 is 11.3 Å². The van der Waals surface area contributed by atoms with E-state index in [4.69, 9.17) is 0 Å². The molecule has 0 fully saturated rings. The third-order valence-electron chi connectivity index (χ3n) is 8.60. The molecule has 0 aliphatic heterocycles. The van der Waals surface area contributed by atoms with E-state index in [0.29, 0.717) is 0 Å². The number of aryl methyl sites for hydroxylation is 3. The molecule has 0 N–H and O–H groups in total. The van der Waals surface area contributed by atoms with Crippen LogP contribution in [0.15, 0.2) is 109 Å². The summed E-state index contributed by atoms with van der Waals surface area (Å²) in [6.45, 7) is 4.41. The normalized spacial score (nSPS) is 13.2. The van der Waals surface area contributed by atoms with E-state index in [-0.39, 0.29) is 0 Å². The maximum atomic E-state index is 2.51. The van der Waals surface area contributed by atoms with E-state index in [0.717, 1.165) is 12.8 Å². The fourth-order valence-corrected chi connectivity index (χ4v) is 7.73. The number of benzene rings is 5. The first-order chi connectivity index (χ1) is 19.7. The Morgan fingerprint density at radius 3 is 2.17 bits per heavy atom. The summed E-state index contributed by atoms with van der Waals surface area (Å²) in [5, 5.41) is 4.01. The van der Waals surface area contributed by atoms with Crippen molar-refractivity contribution in [3.8, 4) is 22.3 Å². The largest absolute Gasteiger partial charge is 0.313 e. The third-order valence-corrected chi connectivity index (χ3v) is 9.84. The minimum atomic E-state index is 1.05. The smallest absolute Gasteiger partial charge is 0.0538 e. The summed E-state index contributed by atoms with van der Waals surface area (Å²) in [6, 6.07) is 40.3. The second-order valence-electron chi connectivity index (χ2n) is 11.0. The quantitative estimate of drug-likeness (QED) is 0.214. The van der Waals surface area contributed by atoms with Gasteiger partial charge in [-0.05, 0) is 102 Å². The summed E-state index contributed by atoms with van der Waals surface area (Å²) < 4.78 is 3.90. The summed E-state index contributed by atoms with van der Waals surface area (Å²) in [5.74, 6) is 0. The van der Waals surface area contributed by atoms with Gasteiger partial charge in [0.25, 0.3) is 0 Å². The molecule has 0 amide bonds. The Balaban J connectivity index is 1.31. The van der Waals surface area contributed by atoms with Gasteiger partial charge in [0.15, 0.2) is 0 Å². The lowest BCUT2D eigenvalue weighted by molar-refractivity contribution is 0.968. The van der Waals surface area contributed by atoms with E-state index >= 15 is 0 Å². The lowest BCUT2D eigenvalue weighted by atomic mass is 9.92. The van der Waals surface area contributed by atoms with Gasteiger partial charge in [0.2, 0.25) is 0 Å². The highest BCUT2D eigenvalue weighted by Crippen LogP contribution is 2.42. The number of nitrogens with zero attached hydrogens (tertiary/aromatic N) is 1. The van der Waals surface area contributed by atoms with E-state index in [1.54, 1.807) is 0 Å². The van der Waals surface area contributed by atoms with E-state index in [1.165, 1.54) is 81.4 Å². The molecule has 0 saturated heterocycles. The van der Waals surface area contributed by atoms with Gasteiger partial charge in [0.05, 0.1) is 11.0 Å². The van der Waals surface area contributed by atoms with Crippen LogP contribution < -0.4 is 0 Å². The molecule has 0 bridgehead atoms. The highest BCUT2D eigenvalue weighted by Gasteiger charge is 2.20. The van der Waals surface area contributed by atoms with Gasteiger partial charge in [0.1, 0.15) is 0 Å². The Morgan fingerprint density at radius 2 is 1.27 bits per heavy atom. The first-order valence-corrected chi connectivity index (χ1v) is 14.9. The second-order valence-corrected chi connectivity index (χ2v) is 12.1. The monoisotopic (exact) mass is 531 g/mol. The number of hydrogen-bond donors (Lipinski definition) is 0. The lowest BCUT2D eigenvalue weighted by Crippen LogP contribution is -2.03.